The van der Waals surface area contributed by atoms with Crippen LogP contribution in [0, 0.1) is 0 Å². The minimum Gasteiger partial charge on any atom is -0.463 e. The van der Waals surface area contributed by atoms with Gasteiger partial charge in [-0.2, -0.15) is 4.31 Å². The Bertz CT molecular complexity index is 819. The second kappa shape index (κ2) is 7.99. The quantitative estimate of drug-likeness (QED) is 0.705. The average Bonchev–Trinajstić information content (AvgIpc) is 3.13. The van der Waals surface area contributed by atoms with Gasteiger partial charge in [0.05, 0.1) is 13.7 Å². The third-order valence-corrected chi connectivity index (χ3v) is 6.93. The van der Waals surface area contributed by atoms with Crippen molar-refractivity contribution in [3.8, 4) is 0 Å². The number of rotatable bonds is 5. The molecule has 0 aromatic carbocycles. The van der Waals surface area contributed by atoms with E-state index in [1.807, 2.05) is 0 Å². The van der Waals surface area contributed by atoms with Crippen molar-refractivity contribution in [1.29, 1.82) is 0 Å². The zero-order valence-corrected chi connectivity index (χ0v) is 16.4. The number of carbonyl (C=O) groups excluding carboxylic acids is 2. The molecule has 1 atom stereocenters. The predicted molar refractivity (Wildman–Crippen MR) is 95.8 cm³/mol. The first-order valence-corrected chi connectivity index (χ1v) is 10.5. The first-order chi connectivity index (χ1) is 12.9. The lowest BCUT2D eigenvalue weighted by Gasteiger charge is -2.40. The molecule has 3 rings (SSSR count). The van der Waals surface area contributed by atoms with Crippen LogP contribution in [0.15, 0.2) is 15.4 Å². The van der Waals surface area contributed by atoms with Crippen molar-refractivity contribution in [2.45, 2.75) is 37.1 Å². The second-order valence-electron chi connectivity index (χ2n) is 6.67. The van der Waals surface area contributed by atoms with Gasteiger partial charge in [0, 0.05) is 44.7 Å². The Kier molecular flexibility index (Phi) is 5.87. The largest absolute Gasteiger partial charge is 0.463 e. The van der Waals surface area contributed by atoms with Crippen molar-refractivity contribution in [1.82, 2.24) is 14.5 Å². The first kappa shape index (κ1) is 19.8. The maximum absolute atomic E-state index is 13.2. The number of hydrogen-bond acceptors (Lipinski definition) is 7. The molecule has 10 heteroatoms. The molecular formula is C17H25N3O6S. The lowest BCUT2D eigenvalue weighted by Crippen LogP contribution is -2.57. The lowest BCUT2D eigenvalue weighted by molar-refractivity contribution is -0.135. The van der Waals surface area contributed by atoms with Crippen LogP contribution in [-0.4, -0.2) is 75.4 Å². The minimum absolute atomic E-state index is 0.00214. The summed E-state index contributed by atoms with van der Waals surface area (Å²) in [6.45, 7) is 3.96. The Morgan fingerprint density at radius 1 is 1.41 bits per heavy atom. The Morgan fingerprint density at radius 3 is 2.85 bits per heavy atom. The number of nitrogens with one attached hydrogen (secondary N) is 1. The van der Waals surface area contributed by atoms with Gasteiger partial charge in [-0.25, -0.2) is 13.2 Å². The summed E-state index contributed by atoms with van der Waals surface area (Å²) < 4.78 is 37.8. The Labute approximate surface area is 158 Å². The normalized spacial score (nSPS) is 22.1. The average molecular weight is 399 g/mol. The highest BCUT2D eigenvalue weighted by Gasteiger charge is 2.37. The highest BCUT2D eigenvalue weighted by Crippen LogP contribution is 2.28. The van der Waals surface area contributed by atoms with Crippen LogP contribution in [0.5, 0.6) is 0 Å². The van der Waals surface area contributed by atoms with Crippen LogP contribution in [0.2, 0.25) is 0 Å². The summed E-state index contributed by atoms with van der Waals surface area (Å²) in [6.07, 6.45) is 1.78. The van der Waals surface area contributed by atoms with E-state index in [0.717, 1.165) is 6.42 Å². The molecule has 0 aliphatic carbocycles. The maximum Gasteiger partial charge on any atom is 0.373 e. The summed E-state index contributed by atoms with van der Waals surface area (Å²) >= 11 is 0. The van der Waals surface area contributed by atoms with Crippen molar-refractivity contribution >= 4 is 21.9 Å². The van der Waals surface area contributed by atoms with Crippen molar-refractivity contribution < 1.29 is 27.2 Å². The van der Waals surface area contributed by atoms with Crippen LogP contribution in [-0.2, 0) is 26.0 Å². The number of furan rings is 1. The van der Waals surface area contributed by atoms with E-state index in [0.29, 0.717) is 32.5 Å². The van der Waals surface area contributed by atoms with Crippen LogP contribution in [0.3, 0.4) is 0 Å². The number of nitrogens with zero attached hydrogens (tertiary/aromatic N) is 2. The van der Waals surface area contributed by atoms with Gasteiger partial charge in [-0.15, -0.1) is 0 Å². The van der Waals surface area contributed by atoms with Gasteiger partial charge in [-0.05, 0) is 12.8 Å². The fourth-order valence-electron chi connectivity index (χ4n) is 3.62. The highest BCUT2D eigenvalue weighted by molar-refractivity contribution is 7.89. The number of esters is 1. The molecule has 1 N–H and O–H groups in total. The summed E-state index contributed by atoms with van der Waals surface area (Å²) in [5, 5.41) is 3.03. The van der Waals surface area contributed by atoms with Crippen LogP contribution in [0.1, 0.15) is 36.1 Å². The number of hydrogen-bond donors (Lipinski definition) is 1. The lowest BCUT2D eigenvalue weighted by atomic mass is 10.1. The van der Waals surface area contributed by atoms with Crippen LogP contribution in [0.25, 0.3) is 0 Å². The first-order valence-electron chi connectivity index (χ1n) is 9.09. The van der Waals surface area contributed by atoms with Crippen molar-refractivity contribution in [3.63, 3.8) is 0 Å². The van der Waals surface area contributed by atoms with Gasteiger partial charge >= 0.3 is 5.97 Å². The van der Waals surface area contributed by atoms with Crippen molar-refractivity contribution in [3.05, 3.63) is 17.6 Å². The fraction of sp³-hybridized carbons (Fsp3) is 0.647. The summed E-state index contributed by atoms with van der Waals surface area (Å²) in [5.41, 5.74) is 0. The number of carbonyl (C=O) groups is 2. The van der Waals surface area contributed by atoms with Gasteiger partial charge in [0.1, 0.15) is 10.7 Å². The Hall–Kier alpha value is -1.91. The molecule has 1 aromatic rings. The van der Waals surface area contributed by atoms with Crippen molar-refractivity contribution in [2.24, 2.45) is 0 Å². The standard InChI is InChI=1S/C17H25N3O6S/c1-3-13-15(9-14(26-13)17(22)25-2)27(23,24)19-7-4-5-12(11-19)20-8-6-18-10-16(20)21/h9,12,18H,3-8,10-11H2,1-2H3. The monoisotopic (exact) mass is 399 g/mol. The SMILES string of the molecule is CCc1oc(C(=O)OC)cc1S(=O)(=O)N1CCCC(N2CCNCC2=O)C1. The van der Waals surface area contributed by atoms with E-state index < -0.39 is 16.0 Å². The third kappa shape index (κ3) is 3.87. The Morgan fingerprint density at radius 2 is 2.19 bits per heavy atom. The van der Waals surface area contributed by atoms with Gasteiger partial charge in [0.15, 0.2) is 0 Å². The summed E-state index contributed by atoms with van der Waals surface area (Å²) in [7, 11) is -2.62. The molecule has 3 heterocycles. The van der Waals surface area contributed by atoms with Gasteiger partial charge in [-0.3, -0.25) is 4.79 Å². The predicted octanol–water partition coefficient (Wildman–Crippen LogP) is 0.214. The van der Waals surface area contributed by atoms with E-state index in [9.17, 15) is 18.0 Å². The molecule has 0 radical (unpaired) electrons. The van der Waals surface area contributed by atoms with Crippen LogP contribution >= 0.6 is 0 Å². The number of aryl methyl sites for hydroxylation is 1. The molecule has 2 saturated heterocycles. The van der Waals surface area contributed by atoms with Crippen LogP contribution in [0.4, 0.5) is 0 Å². The molecular weight excluding hydrogens is 374 g/mol. The summed E-state index contributed by atoms with van der Waals surface area (Å²) in [6, 6.07) is 1.10. The van der Waals surface area contributed by atoms with E-state index in [-0.39, 0.29) is 41.5 Å². The minimum atomic E-state index is -3.84. The van der Waals surface area contributed by atoms with E-state index in [1.54, 1.807) is 11.8 Å². The fourth-order valence-corrected chi connectivity index (χ4v) is 5.36. The topological polar surface area (TPSA) is 109 Å². The van der Waals surface area contributed by atoms with Gasteiger partial charge in [0.2, 0.25) is 21.7 Å². The second-order valence-corrected chi connectivity index (χ2v) is 8.57. The molecule has 9 nitrogen and oxygen atoms in total. The van der Waals surface area contributed by atoms with E-state index in [2.05, 4.69) is 10.1 Å². The molecule has 0 bridgehead atoms. The molecule has 0 saturated carbocycles. The molecule has 2 aliphatic heterocycles. The number of sulfonamides is 1. The number of ether oxygens (including phenoxy) is 1. The smallest absolute Gasteiger partial charge is 0.373 e. The van der Waals surface area contributed by atoms with Crippen LogP contribution < -0.4 is 5.32 Å². The number of amides is 1. The highest BCUT2D eigenvalue weighted by atomic mass is 32.2. The number of piperidine rings is 1. The summed E-state index contributed by atoms with van der Waals surface area (Å²) in [5.74, 6) is -0.611. The zero-order valence-electron chi connectivity index (χ0n) is 15.6. The molecule has 2 fully saturated rings. The van der Waals surface area contributed by atoms with Gasteiger partial charge < -0.3 is 19.4 Å². The molecule has 1 aromatic heterocycles. The van der Waals surface area contributed by atoms with E-state index in [4.69, 9.17) is 4.42 Å². The maximum atomic E-state index is 13.2. The molecule has 0 spiro atoms. The van der Waals surface area contributed by atoms with Gasteiger partial charge in [-0.1, -0.05) is 6.92 Å². The number of piperazine rings is 1. The zero-order chi connectivity index (χ0) is 19.6. The molecule has 1 amide bonds. The van der Waals surface area contributed by atoms with E-state index in [1.165, 1.54) is 17.5 Å². The van der Waals surface area contributed by atoms with Crippen molar-refractivity contribution in [2.75, 3.05) is 39.8 Å². The molecule has 1 unspecified atom stereocenters. The van der Waals surface area contributed by atoms with Gasteiger partial charge in [0.25, 0.3) is 0 Å². The summed E-state index contributed by atoms with van der Waals surface area (Å²) in [4.78, 5) is 25.6. The third-order valence-electron chi connectivity index (χ3n) is 5.02. The molecule has 150 valence electrons. The Balaban J connectivity index is 1.85. The van der Waals surface area contributed by atoms with E-state index >= 15 is 0 Å². The molecule has 2 aliphatic rings. The molecule has 27 heavy (non-hydrogen) atoms. The number of methoxy groups -OCH3 is 1.